The number of carbonyl (C=O) groups is 1. The second-order valence-corrected chi connectivity index (χ2v) is 5.31. The van der Waals surface area contributed by atoms with Gasteiger partial charge in [-0.05, 0) is 42.2 Å². The van der Waals surface area contributed by atoms with E-state index in [1.165, 1.54) is 12.1 Å². The van der Waals surface area contributed by atoms with Crippen LogP contribution in [-0.2, 0) is 16.0 Å². The van der Waals surface area contributed by atoms with Crippen molar-refractivity contribution in [2.24, 2.45) is 0 Å². The first-order valence-corrected chi connectivity index (χ1v) is 7.61. The van der Waals surface area contributed by atoms with Gasteiger partial charge in [-0.2, -0.15) is 0 Å². The molecule has 0 aliphatic carbocycles. The second kappa shape index (κ2) is 9.00. The molecule has 1 atom stereocenters. The Balaban J connectivity index is 2.10. The highest BCUT2D eigenvalue weighted by Crippen LogP contribution is 2.21. The van der Waals surface area contributed by atoms with Gasteiger partial charge in [-0.15, -0.1) is 0 Å². The number of pyridine rings is 1. The molecule has 0 aliphatic heterocycles. The van der Waals surface area contributed by atoms with Crippen LogP contribution < -0.4 is 5.32 Å². The Labute approximate surface area is 135 Å². The summed E-state index contributed by atoms with van der Waals surface area (Å²) in [6, 6.07) is 9.85. The van der Waals surface area contributed by atoms with E-state index in [1.54, 1.807) is 31.6 Å². The van der Waals surface area contributed by atoms with Crippen molar-refractivity contribution < 1.29 is 13.9 Å². The van der Waals surface area contributed by atoms with E-state index < -0.39 is 0 Å². The van der Waals surface area contributed by atoms with E-state index in [0.29, 0.717) is 19.6 Å². The Hall–Kier alpha value is -2.27. The maximum atomic E-state index is 13.1. The lowest BCUT2D eigenvalue weighted by atomic mass is 9.91. The fourth-order valence-electron chi connectivity index (χ4n) is 2.36. The van der Waals surface area contributed by atoms with Gasteiger partial charge in [0.1, 0.15) is 5.82 Å². The Bertz CT molecular complexity index is 602. The number of amides is 1. The lowest BCUT2D eigenvalue weighted by molar-refractivity contribution is -0.122. The van der Waals surface area contributed by atoms with Crippen LogP contribution in [0.25, 0.3) is 0 Å². The molecule has 0 radical (unpaired) electrons. The summed E-state index contributed by atoms with van der Waals surface area (Å²) >= 11 is 0. The van der Waals surface area contributed by atoms with Crippen LogP contribution in [0.3, 0.4) is 0 Å². The van der Waals surface area contributed by atoms with Gasteiger partial charge in [0.25, 0.3) is 0 Å². The Morgan fingerprint density at radius 1 is 1.30 bits per heavy atom. The zero-order valence-electron chi connectivity index (χ0n) is 13.2. The lowest BCUT2D eigenvalue weighted by Crippen LogP contribution is -2.31. The van der Waals surface area contributed by atoms with Gasteiger partial charge < -0.3 is 10.1 Å². The highest BCUT2D eigenvalue weighted by molar-refractivity contribution is 5.83. The van der Waals surface area contributed by atoms with Crippen molar-refractivity contribution in [3.8, 4) is 0 Å². The third-order valence-electron chi connectivity index (χ3n) is 3.58. The van der Waals surface area contributed by atoms with Gasteiger partial charge >= 0.3 is 0 Å². The summed E-state index contributed by atoms with van der Waals surface area (Å²) in [5.41, 5.74) is 1.76. The van der Waals surface area contributed by atoms with Crippen LogP contribution in [0.5, 0.6) is 0 Å². The van der Waals surface area contributed by atoms with Crippen molar-refractivity contribution in [2.45, 2.75) is 18.8 Å². The molecule has 0 aliphatic rings. The predicted molar refractivity (Wildman–Crippen MR) is 86.6 cm³/mol. The molecule has 1 unspecified atom stereocenters. The Morgan fingerprint density at radius 3 is 2.74 bits per heavy atom. The topological polar surface area (TPSA) is 51.2 Å². The van der Waals surface area contributed by atoms with E-state index in [4.69, 9.17) is 4.74 Å². The molecular formula is C18H21FN2O2. The molecule has 23 heavy (non-hydrogen) atoms. The van der Waals surface area contributed by atoms with Gasteiger partial charge in [0.15, 0.2) is 0 Å². The van der Waals surface area contributed by atoms with E-state index in [1.807, 2.05) is 12.1 Å². The smallest absolute Gasteiger partial charge is 0.227 e. The third kappa shape index (κ3) is 5.45. The molecule has 0 spiro atoms. The average Bonchev–Trinajstić information content (AvgIpc) is 2.58. The van der Waals surface area contributed by atoms with Crippen molar-refractivity contribution in [3.05, 3.63) is 65.7 Å². The summed E-state index contributed by atoms with van der Waals surface area (Å²) in [5, 5.41) is 2.92. The number of nitrogens with one attached hydrogen (secondary N) is 1. The molecule has 1 heterocycles. The summed E-state index contributed by atoms with van der Waals surface area (Å²) in [6.07, 6.45) is 4.72. The molecule has 1 amide bonds. The standard InChI is InChI=1S/C18H21FN2O2/c1-23-11-3-10-21-18(22)17(12-14-4-2-9-20-13-14)15-5-7-16(19)8-6-15/h2,4-9,13,17H,3,10-12H2,1H3,(H,21,22). The molecule has 2 aromatic rings. The molecule has 2 rings (SSSR count). The van der Waals surface area contributed by atoms with Gasteiger partial charge in [0.05, 0.1) is 5.92 Å². The molecule has 0 saturated carbocycles. The Kier molecular flexibility index (Phi) is 6.69. The average molecular weight is 316 g/mol. The Morgan fingerprint density at radius 2 is 2.09 bits per heavy atom. The van der Waals surface area contributed by atoms with Crippen molar-refractivity contribution in [3.63, 3.8) is 0 Å². The van der Waals surface area contributed by atoms with Crippen LogP contribution in [0.1, 0.15) is 23.5 Å². The number of nitrogens with zero attached hydrogens (tertiary/aromatic N) is 1. The van der Waals surface area contributed by atoms with Crippen LogP contribution in [0, 0.1) is 5.82 Å². The van der Waals surface area contributed by atoms with Gasteiger partial charge in [-0.3, -0.25) is 9.78 Å². The van der Waals surface area contributed by atoms with E-state index in [0.717, 1.165) is 17.5 Å². The van der Waals surface area contributed by atoms with Crippen LogP contribution in [0.4, 0.5) is 4.39 Å². The van der Waals surface area contributed by atoms with Gasteiger partial charge in [0, 0.05) is 32.7 Å². The number of benzene rings is 1. The van der Waals surface area contributed by atoms with E-state index in [9.17, 15) is 9.18 Å². The van der Waals surface area contributed by atoms with Crippen LogP contribution >= 0.6 is 0 Å². The first-order valence-electron chi connectivity index (χ1n) is 7.61. The summed E-state index contributed by atoms with van der Waals surface area (Å²) in [7, 11) is 1.63. The minimum atomic E-state index is -0.373. The summed E-state index contributed by atoms with van der Waals surface area (Å²) < 4.78 is 18.1. The molecule has 0 saturated heterocycles. The fourth-order valence-corrected chi connectivity index (χ4v) is 2.36. The van der Waals surface area contributed by atoms with Crippen LogP contribution in [0.15, 0.2) is 48.8 Å². The monoisotopic (exact) mass is 316 g/mol. The van der Waals surface area contributed by atoms with Crippen molar-refractivity contribution in [2.75, 3.05) is 20.3 Å². The first-order chi connectivity index (χ1) is 11.2. The summed E-state index contributed by atoms with van der Waals surface area (Å²) in [4.78, 5) is 16.6. The first kappa shape index (κ1) is 17.1. The predicted octanol–water partition coefficient (Wildman–Crippen LogP) is 2.70. The molecule has 4 nitrogen and oxygen atoms in total. The number of hydrogen-bond acceptors (Lipinski definition) is 3. The summed E-state index contributed by atoms with van der Waals surface area (Å²) in [5.74, 6) is -0.756. The molecule has 1 aromatic carbocycles. The number of hydrogen-bond donors (Lipinski definition) is 1. The lowest BCUT2D eigenvalue weighted by Gasteiger charge is -2.17. The number of rotatable bonds is 8. The number of aromatic nitrogens is 1. The quantitative estimate of drug-likeness (QED) is 0.762. The number of methoxy groups -OCH3 is 1. The molecular weight excluding hydrogens is 295 g/mol. The fraction of sp³-hybridized carbons (Fsp3) is 0.333. The highest BCUT2D eigenvalue weighted by Gasteiger charge is 2.21. The van der Waals surface area contributed by atoms with E-state index in [-0.39, 0.29) is 17.6 Å². The number of carbonyl (C=O) groups excluding carboxylic acids is 1. The van der Waals surface area contributed by atoms with E-state index >= 15 is 0 Å². The zero-order valence-corrected chi connectivity index (χ0v) is 13.2. The van der Waals surface area contributed by atoms with Crippen molar-refractivity contribution in [1.29, 1.82) is 0 Å². The maximum Gasteiger partial charge on any atom is 0.227 e. The molecule has 122 valence electrons. The van der Waals surface area contributed by atoms with Crippen molar-refractivity contribution in [1.82, 2.24) is 10.3 Å². The normalized spacial score (nSPS) is 11.9. The summed E-state index contributed by atoms with van der Waals surface area (Å²) in [6.45, 7) is 1.15. The SMILES string of the molecule is COCCCNC(=O)C(Cc1cccnc1)c1ccc(F)cc1. The minimum Gasteiger partial charge on any atom is -0.385 e. The molecule has 0 bridgehead atoms. The zero-order chi connectivity index (χ0) is 16.5. The van der Waals surface area contributed by atoms with Crippen LogP contribution in [-0.4, -0.2) is 31.2 Å². The van der Waals surface area contributed by atoms with Gasteiger partial charge in [-0.25, -0.2) is 4.39 Å². The second-order valence-electron chi connectivity index (χ2n) is 5.31. The third-order valence-corrected chi connectivity index (χ3v) is 3.58. The maximum absolute atomic E-state index is 13.1. The van der Waals surface area contributed by atoms with Crippen LogP contribution in [0.2, 0.25) is 0 Å². The molecule has 1 aromatic heterocycles. The van der Waals surface area contributed by atoms with Crippen molar-refractivity contribution >= 4 is 5.91 Å². The molecule has 0 fully saturated rings. The molecule has 1 N–H and O–H groups in total. The van der Waals surface area contributed by atoms with Gasteiger partial charge in [-0.1, -0.05) is 18.2 Å². The minimum absolute atomic E-state index is 0.0726. The largest absolute Gasteiger partial charge is 0.385 e. The van der Waals surface area contributed by atoms with E-state index in [2.05, 4.69) is 10.3 Å². The molecule has 5 heteroatoms. The number of halogens is 1. The van der Waals surface area contributed by atoms with Gasteiger partial charge in [0.2, 0.25) is 5.91 Å². The highest BCUT2D eigenvalue weighted by atomic mass is 19.1. The number of ether oxygens (including phenoxy) is 1.